The predicted octanol–water partition coefficient (Wildman–Crippen LogP) is 1.82. The molecule has 0 aliphatic carbocycles. The van der Waals surface area contributed by atoms with Crippen LogP contribution in [0.15, 0.2) is 47.7 Å². The maximum atomic E-state index is 12.0. The monoisotopic (exact) mass is 269 g/mol. The molecule has 100 valence electrons. The zero-order chi connectivity index (χ0) is 13.9. The average Bonchev–Trinajstić information content (AvgIpc) is 3.10. The molecule has 3 rings (SSSR count). The van der Waals surface area contributed by atoms with Gasteiger partial charge in [0.1, 0.15) is 18.4 Å². The van der Waals surface area contributed by atoms with Gasteiger partial charge in [-0.25, -0.2) is 14.6 Å². The van der Waals surface area contributed by atoms with Gasteiger partial charge < -0.3 is 9.73 Å². The van der Waals surface area contributed by atoms with Crippen molar-refractivity contribution in [3.05, 3.63) is 54.6 Å². The minimum atomic E-state index is -0.230. The predicted molar refractivity (Wildman–Crippen MR) is 70.6 cm³/mol. The Hall–Kier alpha value is -2.96. The molecule has 0 saturated carbocycles. The van der Waals surface area contributed by atoms with Crippen molar-refractivity contribution in [3.8, 4) is 5.82 Å². The van der Waals surface area contributed by atoms with Gasteiger partial charge in [0, 0.05) is 0 Å². The van der Waals surface area contributed by atoms with Gasteiger partial charge in [-0.3, -0.25) is 4.79 Å². The Morgan fingerprint density at radius 3 is 2.85 bits per heavy atom. The van der Waals surface area contributed by atoms with Crippen molar-refractivity contribution in [1.82, 2.24) is 19.7 Å². The lowest BCUT2D eigenvalue weighted by Gasteiger charge is -2.05. The summed E-state index contributed by atoms with van der Waals surface area (Å²) in [5, 5.41) is 6.72. The van der Waals surface area contributed by atoms with Gasteiger partial charge >= 0.3 is 0 Å². The first kappa shape index (κ1) is 12.1. The van der Waals surface area contributed by atoms with Crippen molar-refractivity contribution < 1.29 is 9.21 Å². The molecule has 0 bridgehead atoms. The highest BCUT2D eigenvalue weighted by molar-refractivity contribution is 6.04. The van der Waals surface area contributed by atoms with Crippen LogP contribution < -0.4 is 5.32 Å². The average molecular weight is 269 g/mol. The number of hydrogen-bond donors (Lipinski definition) is 1. The number of nitrogens with one attached hydrogen (secondary N) is 1. The third-order valence-electron chi connectivity index (χ3n) is 2.76. The van der Waals surface area contributed by atoms with Gasteiger partial charge in [0.25, 0.3) is 5.91 Å². The van der Waals surface area contributed by atoms with Crippen molar-refractivity contribution in [3.63, 3.8) is 0 Å². The van der Waals surface area contributed by atoms with Gasteiger partial charge in [-0.05, 0) is 25.1 Å². The number of anilines is 1. The minimum absolute atomic E-state index is 0.230. The van der Waals surface area contributed by atoms with E-state index >= 15 is 0 Å². The van der Waals surface area contributed by atoms with Crippen molar-refractivity contribution in [2.45, 2.75) is 6.92 Å². The highest BCUT2D eigenvalue weighted by Gasteiger charge is 2.11. The number of pyridine rings is 1. The second-order valence-electron chi connectivity index (χ2n) is 4.09. The Labute approximate surface area is 114 Å². The van der Waals surface area contributed by atoms with Gasteiger partial charge in [-0.15, -0.1) is 0 Å². The maximum absolute atomic E-state index is 12.0. The number of amides is 1. The van der Waals surface area contributed by atoms with Crippen LogP contribution in [0.25, 0.3) is 5.82 Å². The lowest BCUT2D eigenvalue weighted by atomic mass is 10.2. The summed E-state index contributed by atoms with van der Waals surface area (Å²) in [7, 11) is 0. The van der Waals surface area contributed by atoms with E-state index in [-0.39, 0.29) is 5.91 Å². The number of nitrogens with zero attached hydrogens (tertiary/aromatic N) is 4. The van der Waals surface area contributed by atoms with Crippen LogP contribution in [0, 0.1) is 6.92 Å². The molecule has 0 fully saturated rings. The number of carbonyl (C=O) groups is 1. The van der Waals surface area contributed by atoms with Crippen molar-refractivity contribution in [2.75, 3.05) is 5.32 Å². The zero-order valence-electron chi connectivity index (χ0n) is 10.6. The summed E-state index contributed by atoms with van der Waals surface area (Å²) in [4.78, 5) is 20.0. The Kier molecular flexibility index (Phi) is 3.00. The molecule has 1 N–H and O–H groups in total. The number of hydrogen-bond acceptors (Lipinski definition) is 5. The SMILES string of the molecule is Cc1occc1C(=O)Nc1ccc(-n2cncn2)nc1. The van der Waals surface area contributed by atoms with Crippen LogP contribution in [0.2, 0.25) is 0 Å². The number of aryl methyl sites for hydroxylation is 1. The van der Waals surface area contributed by atoms with Gasteiger partial charge in [0.15, 0.2) is 5.82 Å². The molecular formula is C13H11N5O2. The van der Waals surface area contributed by atoms with Gasteiger partial charge in [-0.1, -0.05) is 0 Å². The van der Waals surface area contributed by atoms with Crippen LogP contribution in [-0.4, -0.2) is 25.7 Å². The van der Waals surface area contributed by atoms with Crippen LogP contribution in [0.5, 0.6) is 0 Å². The molecule has 3 aromatic heterocycles. The minimum Gasteiger partial charge on any atom is -0.469 e. The third kappa shape index (κ3) is 2.28. The second-order valence-corrected chi connectivity index (χ2v) is 4.09. The highest BCUT2D eigenvalue weighted by Crippen LogP contribution is 2.13. The first-order chi connectivity index (χ1) is 9.74. The summed E-state index contributed by atoms with van der Waals surface area (Å²) in [6.07, 6.45) is 6.02. The molecular weight excluding hydrogens is 258 g/mol. The van der Waals surface area contributed by atoms with Crippen LogP contribution in [0.4, 0.5) is 5.69 Å². The van der Waals surface area contributed by atoms with Gasteiger partial charge in [0.05, 0.1) is 23.7 Å². The summed E-state index contributed by atoms with van der Waals surface area (Å²) in [6.45, 7) is 1.74. The number of carbonyl (C=O) groups excluding carboxylic acids is 1. The molecule has 0 atom stereocenters. The number of rotatable bonds is 3. The normalized spacial score (nSPS) is 10.4. The van der Waals surface area contributed by atoms with Crippen LogP contribution in [0.3, 0.4) is 0 Å². The first-order valence-electron chi connectivity index (χ1n) is 5.90. The molecule has 0 saturated heterocycles. The van der Waals surface area contributed by atoms with E-state index < -0.39 is 0 Å². The van der Waals surface area contributed by atoms with E-state index in [1.165, 1.54) is 17.3 Å². The molecule has 0 aliphatic rings. The molecule has 3 aromatic rings. The number of aromatic nitrogens is 4. The quantitative estimate of drug-likeness (QED) is 0.783. The van der Waals surface area contributed by atoms with E-state index in [0.29, 0.717) is 22.8 Å². The molecule has 7 heteroatoms. The topological polar surface area (TPSA) is 85.8 Å². The third-order valence-corrected chi connectivity index (χ3v) is 2.76. The van der Waals surface area contributed by atoms with Crippen molar-refractivity contribution in [2.24, 2.45) is 0 Å². The van der Waals surface area contributed by atoms with Crippen LogP contribution >= 0.6 is 0 Å². The van der Waals surface area contributed by atoms with Crippen LogP contribution in [0.1, 0.15) is 16.1 Å². The lowest BCUT2D eigenvalue weighted by molar-refractivity contribution is 0.102. The van der Waals surface area contributed by atoms with E-state index in [1.54, 1.807) is 37.6 Å². The van der Waals surface area contributed by atoms with Gasteiger partial charge in [-0.2, -0.15) is 5.10 Å². The molecule has 1 amide bonds. The Morgan fingerprint density at radius 1 is 1.35 bits per heavy atom. The number of furan rings is 1. The summed E-state index contributed by atoms with van der Waals surface area (Å²) in [5.74, 6) is 0.973. The maximum Gasteiger partial charge on any atom is 0.259 e. The molecule has 0 aliphatic heterocycles. The molecule has 3 heterocycles. The van der Waals surface area contributed by atoms with E-state index in [9.17, 15) is 4.79 Å². The van der Waals surface area contributed by atoms with Gasteiger partial charge in [0.2, 0.25) is 0 Å². The molecule has 0 radical (unpaired) electrons. The van der Waals surface area contributed by atoms with Crippen LogP contribution in [-0.2, 0) is 0 Å². The summed E-state index contributed by atoms with van der Waals surface area (Å²) >= 11 is 0. The Morgan fingerprint density at radius 2 is 2.25 bits per heavy atom. The fourth-order valence-corrected chi connectivity index (χ4v) is 1.74. The standard InChI is InChI=1S/C13H11N5O2/c1-9-11(4-5-20-9)13(19)17-10-2-3-12(15-6-10)18-8-14-7-16-18/h2-8H,1H3,(H,17,19). The Bertz CT molecular complexity index is 716. The van der Waals surface area contributed by atoms with E-state index in [0.717, 1.165) is 0 Å². The largest absolute Gasteiger partial charge is 0.469 e. The summed E-state index contributed by atoms with van der Waals surface area (Å²) in [6, 6.07) is 5.12. The lowest BCUT2D eigenvalue weighted by Crippen LogP contribution is -2.12. The second kappa shape index (κ2) is 4.96. The fourth-order valence-electron chi connectivity index (χ4n) is 1.74. The highest BCUT2D eigenvalue weighted by atomic mass is 16.3. The molecule has 7 nitrogen and oxygen atoms in total. The smallest absolute Gasteiger partial charge is 0.259 e. The van der Waals surface area contributed by atoms with E-state index in [2.05, 4.69) is 20.4 Å². The first-order valence-corrected chi connectivity index (χ1v) is 5.90. The molecule has 0 spiro atoms. The van der Waals surface area contributed by atoms with E-state index in [4.69, 9.17) is 4.42 Å². The van der Waals surface area contributed by atoms with Crippen molar-refractivity contribution >= 4 is 11.6 Å². The fraction of sp³-hybridized carbons (Fsp3) is 0.0769. The summed E-state index contributed by atoms with van der Waals surface area (Å²) in [5.41, 5.74) is 1.10. The summed E-state index contributed by atoms with van der Waals surface area (Å²) < 4.78 is 6.63. The molecule has 0 aromatic carbocycles. The zero-order valence-corrected chi connectivity index (χ0v) is 10.6. The Balaban J connectivity index is 1.76. The van der Waals surface area contributed by atoms with E-state index in [1.807, 2.05) is 0 Å². The van der Waals surface area contributed by atoms with Crippen molar-refractivity contribution in [1.29, 1.82) is 0 Å². The molecule has 20 heavy (non-hydrogen) atoms. The molecule has 0 unspecified atom stereocenters.